The first-order chi connectivity index (χ1) is 8.61. The standard InChI is InChI=1S/C11H14FN3O2S/c1-2-17-11(16)15-14-10(18)13-7-8-3-5-9(12)6-4-8/h3-6H,2,7H2,1H3,(H,15,16)(H2,13,14,18). The molecule has 1 rings (SSSR count). The predicted octanol–water partition coefficient (Wildman–Crippen LogP) is 1.45. The number of hydrogen-bond acceptors (Lipinski definition) is 3. The van der Waals surface area contributed by atoms with Crippen LogP contribution in [0.5, 0.6) is 0 Å². The lowest BCUT2D eigenvalue weighted by molar-refractivity contribution is 0.150. The Morgan fingerprint density at radius 2 is 2.00 bits per heavy atom. The second kappa shape index (κ2) is 7.44. The van der Waals surface area contributed by atoms with Crippen LogP contribution in [0, 0.1) is 5.82 Å². The molecule has 1 aromatic carbocycles. The zero-order valence-electron chi connectivity index (χ0n) is 9.83. The smallest absolute Gasteiger partial charge is 0.425 e. The Bertz CT molecular complexity index is 411. The summed E-state index contributed by atoms with van der Waals surface area (Å²) in [6, 6.07) is 6.02. The topological polar surface area (TPSA) is 62.4 Å². The summed E-state index contributed by atoms with van der Waals surface area (Å²) in [5, 5.41) is 3.09. The summed E-state index contributed by atoms with van der Waals surface area (Å²) in [5.41, 5.74) is 5.60. The number of carbonyl (C=O) groups excluding carboxylic acids is 1. The van der Waals surface area contributed by atoms with E-state index in [9.17, 15) is 9.18 Å². The number of hydrogen-bond donors (Lipinski definition) is 3. The van der Waals surface area contributed by atoms with Crippen LogP contribution in [0.4, 0.5) is 9.18 Å². The third kappa shape index (κ3) is 5.44. The van der Waals surface area contributed by atoms with Gasteiger partial charge in [0.25, 0.3) is 0 Å². The fourth-order valence-corrected chi connectivity index (χ4v) is 1.23. The van der Waals surface area contributed by atoms with Crippen molar-refractivity contribution in [2.45, 2.75) is 13.5 Å². The van der Waals surface area contributed by atoms with Gasteiger partial charge in [0.15, 0.2) is 5.11 Å². The highest BCUT2D eigenvalue weighted by Gasteiger charge is 2.01. The average Bonchev–Trinajstić information content (AvgIpc) is 2.36. The lowest BCUT2D eigenvalue weighted by atomic mass is 10.2. The van der Waals surface area contributed by atoms with Gasteiger partial charge in [-0.25, -0.2) is 14.6 Å². The molecule has 7 heteroatoms. The SMILES string of the molecule is CCOC(=O)NNC(=S)NCc1ccc(F)cc1. The van der Waals surface area contributed by atoms with Crippen LogP contribution in [0.25, 0.3) is 0 Å². The number of ether oxygens (including phenoxy) is 1. The molecule has 0 aromatic heterocycles. The lowest BCUT2D eigenvalue weighted by Gasteiger charge is -2.11. The Morgan fingerprint density at radius 1 is 1.33 bits per heavy atom. The number of nitrogens with one attached hydrogen (secondary N) is 3. The summed E-state index contributed by atoms with van der Waals surface area (Å²) in [6.07, 6.45) is -0.608. The Balaban J connectivity index is 2.24. The summed E-state index contributed by atoms with van der Waals surface area (Å²) in [5.74, 6) is -0.288. The van der Waals surface area contributed by atoms with Crippen LogP contribution in [0.2, 0.25) is 0 Å². The summed E-state index contributed by atoms with van der Waals surface area (Å²) in [7, 11) is 0. The molecule has 18 heavy (non-hydrogen) atoms. The Hall–Kier alpha value is -1.89. The van der Waals surface area contributed by atoms with Gasteiger partial charge < -0.3 is 10.1 Å². The van der Waals surface area contributed by atoms with E-state index in [1.165, 1.54) is 12.1 Å². The molecule has 1 amide bonds. The molecule has 0 radical (unpaired) electrons. The maximum atomic E-state index is 12.6. The molecule has 3 N–H and O–H groups in total. The van der Waals surface area contributed by atoms with Crippen molar-refractivity contribution < 1.29 is 13.9 Å². The minimum atomic E-state index is -0.608. The van der Waals surface area contributed by atoms with Gasteiger partial charge in [-0.3, -0.25) is 5.43 Å². The van der Waals surface area contributed by atoms with Gasteiger partial charge >= 0.3 is 6.09 Å². The third-order valence-corrected chi connectivity index (χ3v) is 2.17. The van der Waals surface area contributed by atoms with Crippen molar-refractivity contribution >= 4 is 23.4 Å². The van der Waals surface area contributed by atoms with Gasteiger partial charge in [0, 0.05) is 6.54 Å². The first kappa shape index (κ1) is 14.2. The van der Waals surface area contributed by atoms with Crippen molar-refractivity contribution in [2.75, 3.05) is 6.61 Å². The maximum Gasteiger partial charge on any atom is 0.425 e. The van der Waals surface area contributed by atoms with Crippen LogP contribution in [0.15, 0.2) is 24.3 Å². The average molecular weight is 271 g/mol. The van der Waals surface area contributed by atoms with E-state index in [-0.39, 0.29) is 17.5 Å². The van der Waals surface area contributed by atoms with Crippen LogP contribution in [-0.4, -0.2) is 17.8 Å². The van der Waals surface area contributed by atoms with Gasteiger partial charge in [-0.2, -0.15) is 0 Å². The Kier molecular flexibility index (Phi) is 5.86. The van der Waals surface area contributed by atoms with E-state index < -0.39 is 6.09 Å². The number of carbonyl (C=O) groups is 1. The van der Waals surface area contributed by atoms with Crippen molar-refractivity contribution in [3.8, 4) is 0 Å². The van der Waals surface area contributed by atoms with Gasteiger partial charge in [0.1, 0.15) is 5.82 Å². The molecule has 0 saturated carbocycles. The molecule has 0 aliphatic carbocycles. The lowest BCUT2D eigenvalue weighted by Crippen LogP contribution is -2.46. The van der Waals surface area contributed by atoms with Gasteiger partial charge in [-0.15, -0.1) is 0 Å². The zero-order chi connectivity index (χ0) is 13.4. The third-order valence-electron chi connectivity index (χ3n) is 1.92. The van der Waals surface area contributed by atoms with E-state index in [1.807, 2.05) is 0 Å². The van der Waals surface area contributed by atoms with E-state index >= 15 is 0 Å². The number of hydrazine groups is 1. The largest absolute Gasteiger partial charge is 0.449 e. The summed E-state index contributed by atoms with van der Waals surface area (Å²) in [4.78, 5) is 10.9. The Labute approximate surface area is 110 Å². The zero-order valence-corrected chi connectivity index (χ0v) is 10.6. The molecule has 5 nitrogen and oxygen atoms in total. The monoisotopic (exact) mass is 271 g/mol. The molecular weight excluding hydrogens is 257 g/mol. The highest BCUT2D eigenvalue weighted by molar-refractivity contribution is 7.80. The second-order valence-electron chi connectivity index (χ2n) is 3.28. The molecule has 0 fully saturated rings. The first-order valence-corrected chi connectivity index (χ1v) is 5.73. The number of thiocarbonyl (C=S) groups is 1. The van der Waals surface area contributed by atoms with E-state index in [0.717, 1.165) is 5.56 Å². The number of rotatable bonds is 3. The van der Waals surface area contributed by atoms with Crippen LogP contribution in [-0.2, 0) is 11.3 Å². The fraction of sp³-hybridized carbons (Fsp3) is 0.273. The van der Waals surface area contributed by atoms with Crippen LogP contribution >= 0.6 is 12.2 Å². The predicted molar refractivity (Wildman–Crippen MR) is 69.1 cm³/mol. The molecule has 0 saturated heterocycles. The first-order valence-electron chi connectivity index (χ1n) is 5.33. The molecule has 0 atom stereocenters. The molecule has 98 valence electrons. The molecule has 0 aliphatic heterocycles. The summed E-state index contributed by atoms with van der Waals surface area (Å²) in [6.45, 7) is 2.41. The van der Waals surface area contributed by atoms with Crippen molar-refractivity contribution in [1.82, 2.24) is 16.2 Å². The number of amides is 1. The van der Waals surface area contributed by atoms with Crippen LogP contribution in [0.3, 0.4) is 0 Å². The van der Waals surface area contributed by atoms with E-state index in [1.54, 1.807) is 19.1 Å². The minimum Gasteiger partial charge on any atom is -0.449 e. The van der Waals surface area contributed by atoms with Crippen molar-refractivity contribution in [1.29, 1.82) is 0 Å². The van der Waals surface area contributed by atoms with Crippen molar-refractivity contribution in [3.05, 3.63) is 35.6 Å². The molecule has 0 bridgehead atoms. The molecule has 0 spiro atoms. The van der Waals surface area contributed by atoms with E-state index in [0.29, 0.717) is 6.54 Å². The van der Waals surface area contributed by atoms with Crippen LogP contribution in [0.1, 0.15) is 12.5 Å². The van der Waals surface area contributed by atoms with Gasteiger partial charge in [0.2, 0.25) is 0 Å². The number of benzene rings is 1. The highest BCUT2D eigenvalue weighted by atomic mass is 32.1. The number of halogens is 1. The summed E-state index contributed by atoms with van der Waals surface area (Å²) < 4.78 is 17.3. The van der Waals surface area contributed by atoms with Crippen molar-refractivity contribution in [2.24, 2.45) is 0 Å². The van der Waals surface area contributed by atoms with Gasteiger partial charge in [-0.05, 0) is 36.8 Å². The second-order valence-corrected chi connectivity index (χ2v) is 3.69. The molecule has 0 heterocycles. The fourth-order valence-electron chi connectivity index (χ4n) is 1.10. The van der Waals surface area contributed by atoms with Crippen molar-refractivity contribution in [3.63, 3.8) is 0 Å². The summed E-state index contributed by atoms with van der Waals surface area (Å²) >= 11 is 4.91. The quantitative estimate of drug-likeness (QED) is 0.574. The Morgan fingerprint density at radius 3 is 2.61 bits per heavy atom. The molecule has 0 aliphatic rings. The van der Waals surface area contributed by atoms with Crippen LogP contribution < -0.4 is 16.2 Å². The van der Waals surface area contributed by atoms with E-state index in [2.05, 4.69) is 20.9 Å². The molecule has 0 unspecified atom stereocenters. The van der Waals surface area contributed by atoms with Gasteiger partial charge in [0.05, 0.1) is 6.61 Å². The van der Waals surface area contributed by atoms with E-state index in [4.69, 9.17) is 12.2 Å². The minimum absolute atomic E-state index is 0.243. The molecule has 1 aromatic rings. The normalized spacial score (nSPS) is 9.44. The molecular formula is C11H14FN3O2S. The maximum absolute atomic E-state index is 12.6. The highest BCUT2D eigenvalue weighted by Crippen LogP contribution is 2.01. The van der Waals surface area contributed by atoms with Gasteiger partial charge in [-0.1, -0.05) is 12.1 Å².